The second-order valence-corrected chi connectivity index (χ2v) is 6.94. The number of hydrogen-bond acceptors (Lipinski definition) is 2. The summed E-state index contributed by atoms with van der Waals surface area (Å²) >= 11 is 12.1. The van der Waals surface area contributed by atoms with Gasteiger partial charge in [0, 0.05) is 22.5 Å². The Balaban J connectivity index is 1.77. The fourth-order valence-electron chi connectivity index (χ4n) is 2.85. The highest BCUT2D eigenvalue weighted by molar-refractivity contribution is 6.35. The molecule has 1 aliphatic carbocycles. The minimum absolute atomic E-state index is 0.0345. The maximum absolute atomic E-state index is 11.8. The largest absolute Gasteiger partial charge is 0.370 e. The number of nitrogens with two attached hydrogens (primary N) is 1. The van der Waals surface area contributed by atoms with Crippen LogP contribution in [0.3, 0.4) is 0 Å². The van der Waals surface area contributed by atoms with E-state index in [-0.39, 0.29) is 11.9 Å². The third kappa shape index (κ3) is 5.87. The summed E-state index contributed by atoms with van der Waals surface area (Å²) in [7, 11) is 0. The molecule has 1 saturated carbocycles. The monoisotopic (exact) mass is 370 g/mol. The maximum Gasteiger partial charge on any atom is 0.222 e. The van der Waals surface area contributed by atoms with Crippen LogP contribution < -0.4 is 16.4 Å². The molecule has 1 aromatic carbocycles. The SMILES string of the molecule is CC(NC(N)=NCCC(=O)NC1CCCC1)c1ccc(Cl)cc1Cl. The van der Waals surface area contributed by atoms with Crippen LogP contribution in [0.5, 0.6) is 0 Å². The normalized spacial score (nSPS) is 16.9. The molecular weight excluding hydrogens is 347 g/mol. The predicted molar refractivity (Wildman–Crippen MR) is 99.5 cm³/mol. The van der Waals surface area contributed by atoms with Crippen molar-refractivity contribution < 1.29 is 4.79 Å². The lowest BCUT2D eigenvalue weighted by molar-refractivity contribution is -0.121. The molecule has 1 aromatic rings. The first kappa shape index (κ1) is 18.9. The Hall–Kier alpha value is -1.46. The molecule has 0 radical (unpaired) electrons. The standard InChI is InChI=1S/C17H24Cl2N4O/c1-11(14-7-6-12(18)10-15(14)19)22-17(20)21-9-8-16(24)23-13-4-2-3-5-13/h6-7,10-11,13H,2-5,8-9H2,1H3,(H,23,24)(H3,20,21,22). The third-order valence-corrected chi connectivity index (χ3v) is 4.70. The van der Waals surface area contributed by atoms with E-state index in [0.717, 1.165) is 18.4 Å². The van der Waals surface area contributed by atoms with E-state index in [1.54, 1.807) is 12.1 Å². The van der Waals surface area contributed by atoms with Crippen LogP contribution >= 0.6 is 23.2 Å². The highest BCUT2D eigenvalue weighted by Gasteiger charge is 2.16. The zero-order valence-electron chi connectivity index (χ0n) is 13.8. The van der Waals surface area contributed by atoms with Crippen molar-refractivity contribution in [1.29, 1.82) is 0 Å². The van der Waals surface area contributed by atoms with Crippen molar-refractivity contribution in [2.45, 2.75) is 51.1 Å². The smallest absolute Gasteiger partial charge is 0.222 e. The van der Waals surface area contributed by atoms with Gasteiger partial charge in [-0.25, -0.2) is 0 Å². The summed E-state index contributed by atoms with van der Waals surface area (Å²) in [6.45, 7) is 2.29. The number of benzene rings is 1. The van der Waals surface area contributed by atoms with Gasteiger partial charge in [0.05, 0.1) is 12.6 Å². The fraction of sp³-hybridized carbons (Fsp3) is 0.529. The molecule has 1 unspecified atom stereocenters. The Morgan fingerprint density at radius 3 is 2.75 bits per heavy atom. The molecule has 132 valence electrons. The average Bonchev–Trinajstić information content (AvgIpc) is 2.99. The number of aliphatic imine (C=N–C) groups is 1. The number of carbonyl (C=O) groups excluding carboxylic acids is 1. The highest BCUT2D eigenvalue weighted by Crippen LogP contribution is 2.25. The lowest BCUT2D eigenvalue weighted by Crippen LogP contribution is -2.35. The highest BCUT2D eigenvalue weighted by atomic mass is 35.5. The Morgan fingerprint density at radius 1 is 1.38 bits per heavy atom. The van der Waals surface area contributed by atoms with Gasteiger partial charge in [0.2, 0.25) is 5.91 Å². The van der Waals surface area contributed by atoms with Gasteiger partial charge in [-0.2, -0.15) is 0 Å². The van der Waals surface area contributed by atoms with Crippen LogP contribution in [0, 0.1) is 0 Å². The lowest BCUT2D eigenvalue weighted by atomic mass is 10.1. The van der Waals surface area contributed by atoms with Crippen molar-refractivity contribution >= 4 is 35.1 Å². The molecule has 4 N–H and O–H groups in total. The molecule has 7 heteroatoms. The number of guanidine groups is 1. The summed E-state index contributed by atoms with van der Waals surface area (Å²) in [5, 5.41) is 7.27. The van der Waals surface area contributed by atoms with E-state index in [2.05, 4.69) is 15.6 Å². The number of halogens is 2. The molecule has 1 amide bonds. The van der Waals surface area contributed by atoms with E-state index in [1.807, 2.05) is 13.0 Å². The Bertz CT molecular complexity index is 600. The Kier molecular flexibility index (Phi) is 7.18. The number of amides is 1. The molecule has 1 atom stereocenters. The van der Waals surface area contributed by atoms with E-state index in [4.69, 9.17) is 28.9 Å². The average molecular weight is 371 g/mol. The van der Waals surface area contributed by atoms with Crippen molar-refractivity contribution in [1.82, 2.24) is 10.6 Å². The predicted octanol–water partition coefficient (Wildman–Crippen LogP) is 3.41. The van der Waals surface area contributed by atoms with Crippen LogP contribution in [0.15, 0.2) is 23.2 Å². The summed E-state index contributed by atoms with van der Waals surface area (Å²) in [5.74, 6) is 0.328. The van der Waals surface area contributed by atoms with Crippen molar-refractivity contribution in [3.63, 3.8) is 0 Å². The fourth-order valence-corrected chi connectivity index (χ4v) is 3.42. The van der Waals surface area contributed by atoms with Gasteiger partial charge in [-0.15, -0.1) is 0 Å². The first-order valence-electron chi connectivity index (χ1n) is 8.26. The van der Waals surface area contributed by atoms with Crippen LogP contribution in [0.1, 0.15) is 50.6 Å². The maximum atomic E-state index is 11.8. The number of hydrogen-bond donors (Lipinski definition) is 3. The lowest BCUT2D eigenvalue weighted by Gasteiger charge is -2.16. The van der Waals surface area contributed by atoms with E-state index >= 15 is 0 Å². The van der Waals surface area contributed by atoms with Crippen LogP contribution in [0.2, 0.25) is 10.0 Å². The van der Waals surface area contributed by atoms with E-state index in [1.165, 1.54) is 12.8 Å². The van der Waals surface area contributed by atoms with E-state index < -0.39 is 0 Å². The summed E-state index contributed by atoms with van der Waals surface area (Å²) in [6.07, 6.45) is 4.90. The van der Waals surface area contributed by atoms with Crippen LogP contribution in [-0.2, 0) is 4.79 Å². The molecule has 0 saturated heterocycles. The molecule has 1 aliphatic rings. The van der Waals surface area contributed by atoms with Gasteiger partial charge in [0.25, 0.3) is 0 Å². The summed E-state index contributed by atoms with van der Waals surface area (Å²) in [4.78, 5) is 16.0. The van der Waals surface area contributed by atoms with E-state index in [9.17, 15) is 4.79 Å². The summed E-state index contributed by atoms with van der Waals surface area (Å²) in [6, 6.07) is 5.55. The number of nitrogens with zero attached hydrogens (tertiary/aromatic N) is 1. The van der Waals surface area contributed by atoms with Crippen LogP contribution in [0.4, 0.5) is 0 Å². The van der Waals surface area contributed by atoms with Gasteiger partial charge in [-0.1, -0.05) is 42.1 Å². The number of nitrogens with one attached hydrogen (secondary N) is 2. The Morgan fingerprint density at radius 2 is 2.08 bits per heavy atom. The van der Waals surface area contributed by atoms with Gasteiger partial charge < -0.3 is 16.4 Å². The molecule has 1 fully saturated rings. The quantitative estimate of drug-likeness (QED) is 0.530. The van der Waals surface area contributed by atoms with Gasteiger partial charge in [0.15, 0.2) is 5.96 Å². The minimum atomic E-state index is -0.106. The molecule has 0 spiro atoms. The van der Waals surface area contributed by atoms with Gasteiger partial charge in [-0.3, -0.25) is 9.79 Å². The number of rotatable bonds is 6. The first-order valence-corrected chi connectivity index (χ1v) is 9.02. The molecule has 2 rings (SSSR count). The summed E-state index contributed by atoms with van der Waals surface area (Å²) in [5.41, 5.74) is 6.77. The summed E-state index contributed by atoms with van der Waals surface area (Å²) < 4.78 is 0. The molecule has 5 nitrogen and oxygen atoms in total. The molecular formula is C17H24Cl2N4O. The first-order chi connectivity index (χ1) is 11.5. The van der Waals surface area contributed by atoms with Crippen molar-refractivity contribution in [2.75, 3.05) is 6.54 Å². The second kappa shape index (κ2) is 9.14. The molecule has 24 heavy (non-hydrogen) atoms. The van der Waals surface area contributed by atoms with Gasteiger partial charge in [-0.05, 0) is 37.5 Å². The van der Waals surface area contributed by atoms with Gasteiger partial charge >= 0.3 is 0 Å². The minimum Gasteiger partial charge on any atom is -0.370 e. The topological polar surface area (TPSA) is 79.5 Å². The van der Waals surface area contributed by atoms with Crippen molar-refractivity contribution in [2.24, 2.45) is 10.7 Å². The molecule has 0 aromatic heterocycles. The number of carbonyl (C=O) groups is 1. The second-order valence-electron chi connectivity index (χ2n) is 6.10. The molecule has 0 heterocycles. The van der Waals surface area contributed by atoms with Crippen molar-refractivity contribution in [3.05, 3.63) is 33.8 Å². The van der Waals surface area contributed by atoms with Gasteiger partial charge in [0.1, 0.15) is 0 Å². The Labute approximate surface area is 153 Å². The molecule has 0 bridgehead atoms. The van der Waals surface area contributed by atoms with Crippen molar-refractivity contribution in [3.8, 4) is 0 Å². The van der Waals surface area contributed by atoms with E-state index in [0.29, 0.717) is 35.0 Å². The zero-order valence-corrected chi connectivity index (χ0v) is 15.3. The third-order valence-electron chi connectivity index (χ3n) is 4.13. The van der Waals surface area contributed by atoms with Crippen LogP contribution in [-0.4, -0.2) is 24.5 Å². The van der Waals surface area contributed by atoms with Crippen LogP contribution in [0.25, 0.3) is 0 Å². The molecule has 0 aliphatic heterocycles. The zero-order chi connectivity index (χ0) is 17.5.